The lowest BCUT2D eigenvalue weighted by atomic mass is 9.55. The number of ether oxygens (including phenoxy) is 3. The summed E-state index contributed by atoms with van der Waals surface area (Å²) in [5, 5.41) is 27.2. The van der Waals surface area contributed by atoms with Gasteiger partial charge in [0.2, 0.25) is 21.7 Å². The predicted molar refractivity (Wildman–Crippen MR) is 228 cm³/mol. The summed E-state index contributed by atoms with van der Waals surface area (Å²) in [6.45, 7) is 9.90. The van der Waals surface area contributed by atoms with Crippen molar-refractivity contribution in [3.8, 4) is 11.5 Å². The van der Waals surface area contributed by atoms with Gasteiger partial charge >= 0.3 is 0 Å². The van der Waals surface area contributed by atoms with E-state index in [2.05, 4.69) is 24.6 Å². The van der Waals surface area contributed by atoms with Crippen LogP contribution >= 0.6 is 0 Å². The maximum Gasteiger partial charge on any atom is 0.243 e. The van der Waals surface area contributed by atoms with Crippen LogP contribution in [0.15, 0.2) is 120 Å². The van der Waals surface area contributed by atoms with Crippen molar-refractivity contribution < 1.29 is 42.5 Å². The maximum atomic E-state index is 14.8. The fourth-order valence-corrected chi connectivity index (χ4v) is 10.3. The quantitative estimate of drug-likeness (QED) is 0.0567. The zero-order chi connectivity index (χ0) is 42.0. The Morgan fingerprint density at radius 1 is 0.983 bits per heavy atom. The van der Waals surface area contributed by atoms with E-state index in [1.807, 2.05) is 48.5 Å². The van der Waals surface area contributed by atoms with Crippen LogP contribution in [-0.4, -0.2) is 79.9 Å². The first-order valence-electron chi connectivity index (χ1n) is 20.4. The number of nitrogens with zero attached hydrogens (tertiary/aromatic N) is 2. The molecule has 3 N–H and O–H groups in total. The van der Waals surface area contributed by atoms with Crippen LogP contribution in [0.3, 0.4) is 0 Å². The number of rotatable bonds is 21. The second-order valence-electron chi connectivity index (χ2n) is 15.4. The van der Waals surface area contributed by atoms with Gasteiger partial charge in [-0.05, 0) is 91.1 Å². The fourth-order valence-electron chi connectivity index (χ4n) is 8.95. The molecule has 1 heterocycles. The second-order valence-corrected chi connectivity index (χ2v) is 17.4. The van der Waals surface area contributed by atoms with Gasteiger partial charge in [-0.1, -0.05) is 73.1 Å². The minimum Gasteiger partial charge on any atom is -0.490 e. The van der Waals surface area contributed by atoms with Crippen LogP contribution in [0.25, 0.3) is 0 Å². The number of likely N-dealkylation sites (N-methyl/N-ethyl adjacent to an activating group) is 1. The van der Waals surface area contributed by atoms with E-state index in [4.69, 9.17) is 24.2 Å². The fraction of sp³-hybridized carbons (Fsp3) is 0.435. The third-order valence-corrected chi connectivity index (χ3v) is 13.4. The van der Waals surface area contributed by atoms with Crippen LogP contribution in [0, 0.1) is 17.8 Å². The Kier molecular flexibility index (Phi) is 14.8. The molecule has 59 heavy (non-hydrogen) atoms. The van der Waals surface area contributed by atoms with Gasteiger partial charge in [0.15, 0.2) is 0 Å². The van der Waals surface area contributed by atoms with Gasteiger partial charge in [-0.3, -0.25) is 4.79 Å². The Balaban J connectivity index is 1.57. The van der Waals surface area contributed by atoms with Gasteiger partial charge in [0.05, 0.1) is 29.2 Å². The largest absolute Gasteiger partial charge is 0.490 e. The summed E-state index contributed by atoms with van der Waals surface area (Å²) in [5.41, 5.74) is 3.76. The summed E-state index contributed by atoms with van der Waals surface area (Å²) in [6, 6.07) is 20.5. The number of oxime groups is 1. The third-order valence-electron chi connectivity index (χ3n) is 11.6. The number of amides is 1. The minimum absolute atomic E-state index is 0.00599. The SMILES string of the molecule is C=CCOc1ccc2c(c1)[C@H]1[C@H](CCCCO)[C@@H](CCCCO)C=C3C(=NOCc4ccccc4)C[C@H](N(C)S(=O)(=O)c4ccc(NC(C)=O)cc4)[C@@](OCC=C)(O2)[C@H]31. The number of aliphatic hydroxyl groups is 2. The summed E-state index contributed by atoms with van der Waals surface area (Å²) >= 11 is 0. The van der Waals surface area contributed by atoms with E-state index in [0.29, 0.717) is 42.3 Å². The van der Waals surface area contributed by atoms with Crippen molar-refractivity contribution in [1.82, 2.24) is 4.31 Å². The van der Waals surface area contributed by atoms with Crippen LogP contribution in [-0.2, 0) is 31.0 Å². The third kappa shape index (κ3) is 9.66. The number of aliphatic hydroxyl groups excluding tert-OH is 2. The lowest BCUT2D eigenvalue weighted by Crippen LogP contribution is -2.69. The zero-order valence-electron chi connectivity index (χ0n) is 34.0. The monoisotopic (exact) mass is 827 g/mol. The van der Waals surface area contributed by atoms with E-state index < -0.39 is 27.8 Å². The Bertz CT molecular complexity index is 2090. The molecule has 13 heteroatoms. The van der Waals surface area contributed by atoms with Crippen molar-refractivity contribution in [2.75, 3.05) is 38.8 Å². The molecule has 1 saturated carbocycles. The average molecular weight is 828 g/mol. The smallest absolute Gasteiger partial charge is 0.243 e. The first-order chi connectivity index (χ1) is 28.6. The molecule has 3 aliphatic rings. The molecule has 0 unspecified atom stereocenters. The topological polar surface area (TPSA) is 156 Å². The molecule has 2 aliphatic carbocycles. The molecule has 0 spiro atoms. The maximum absolute atomic E-state index is 14.8. The van der Waals surface area contributed by atoms with Gasteiger partial charge in [-0.25, -0.2) is 8.42 Å². The van der Waals surface area contributed by atoms with Crippen LogP contribution in [0.4, 0.5) is 5.69 Å². The van der Waals surface area contributed by atoms with Gasteiger partial charge < -0.3 is 34.6 Å². The number of allylic oxidation sites excluding steroid dienone is 1. The minimum atomic E-state index is -4.22. The molecule has 1 amide bonds. The van der Waals surface area contributed by atoms with Crippen LogP contribution in [0.2, 0.25) is 0 Å². The van der Waals surface area contributed by atoms with Gasteiger partial charge in [-0.2, -0.15) is 4.31 Å². The molecule has 6 atom stereocenters. The first-order valence-corrected chi connectivity index (χ1v) is 21.9. The number of unbranched alkanes of at least 4 members (excludes halogenated alkanes) is 2. The highest BCUT2D eigenvalue weighted by Crippen LogP contribution is 2.62. The number of sulfonamides is 1. The molecule has 0 aromatic heterocycles. The highest BCUT2D eigenvalue weighted by Gasteiger charge is 2.65. The normalized spacial score (nSPS) is 24.0. The number of carbonyl (C=O) groups is 1. The molecule has 0 bridgehead atoms. The number of anilines is 1. The van der Waals surface area contributed by atoms with E-state index in [9.17, 15) is 23.4 Å². The Morgan fingerprint density at radius 3 is 2.37 bits per heavy atom. The van der Waals surface area contributed by atoms with Gasteiger partial charge in [-0.15, -0.1) is 6.58 Å². The van der Waals surface area contributed by atoms with E-state index >= 15 is 0 Å². The Morgan fingerprint density at radius 2 is 1.69 bits per heavy atom. The lowest BCUT2D eigenvalue weighted by molar-refractivity contribution is -0.250. The van der Waals surface area contributed by atoms with Crippen LogP contribution in [0.5, 0.6) is 11.5 Å². The number of carbonyl (C=O) groups excluding carboxylic acids is 1. The first kappa shape index (κ1) is 43.8. The van der Waals surface area contributed by atoms with Crippen LogP contribution < -0.4 is 14.8 Å². The van der Waals surface area contributed by atoms with Crippen molar-refractivity contribution >= 4 is 27.3 Å². The van der Waals surface area contributed by atoms with Crippen molar-refractivity contribution in [3.63, 3.8) is 0 Å². The molecule has 6 rings (SSSR count). The second kappa shape index (κ2) is 20.0. The van der Waals surface area contributed by atoms with Crippen LogP contribution in [0.1, 0.15) is 68.9 Å². The Labute approximate surface area is 348 Å². The number of hydrogen-bond donors (Lipinski definition) is 3. The molecular formula is C46H57N3O9S. The van der Waals surface area contributed by atoms with Crippen molar-refractivity contribution in [1.29, 1.82) is 0 Å². The molecule has 316 valence electrons. The summed E-state index contributed by atoms with van der Waals surface area (Å²) in [5.74, 6) is -1.44. The lowest BCUT2D eigenvalue weighted by Gasteiger charge is -2.59. The standard InChI is InChI=1S/C46H57N3O9S/c1-5-26-55-36-20-23-42-40(29-36)44-38(17-11-13-25-51)34(16-10-12-24-50)28-39-41(48-57-31-33-14-8-7-9-15-33)30-43(46(58-42,45(39)44)56-27-6-2)49(4)59(53,54)37-21-18-35(19-22-37)47-32(3)52/h5-9,14-15,18-23,28-29,34,38,43-45,50-51H,1-2,10-13,16-17,24-27,30-31H2,3-4H3,(H,47,52)/t34-,38+,43-,44+,45+,46+/m0/s1. The summed E-state index contributed by atoms with van der Waals surface area (Å²) < 4.78 is 51.1. The van der Waals surface area contributed by atoms with E-state index in [1.165, 1.54) is 30.4 Å². The summed E-state index contributed by atoms with van der Waals surface area (Å²) in [6.07, 6.45) is 10.1. The molecule has 3 aromatic carbocycles. The molecular weight excluding hydrogens is 771 g/mol. The van der Waals surface area contributed by atoms with Gasteiger partial charge in [0.1, 0.15) is 24.7 Å². The molecule has 3 aromatic rings. The number of benzene rings is 3. The molecule has 0 saturated heterocycles. The van der Waals surface area contributed by atoms with Crippen molar-refractivity contribution in [2.24, 2.45) is 22.9 Å². The van der Waals surface area contributed by atoms with Gasteiger partial charge in [0.25, 0.3) is 0 Å². The van der Waals surface area contributed by atoms with E-state index in [0.717, 1.165) is 42.4 Å². The molecule has 0 radical (unpaired) electrons. The van der Waals surface area contributed by atoms with Gasteiger partial charge in [0, 0.05) is 50.8 Å². The van der Waals surface area contributed by atoms with E-state index in [-0.39, 0.29) is 61.4 Å². The molecule has 12 nitrogen and oxygen atoms in total. The summed E-state index contributed by atoms with van der Waals surface area (Å²) in [4.78, 5) is 17.9. The van der Waals surface area contributed by atoms with Crippen molar-refractivity contribution in [3.05, 3.63) is 121 Å². The van der Waals surface area contributed by atoms with Crippen molar-refractivity contribution in [2.45, 2.75) is 81.1 Å². The zero-order valence-corrected chi connectivity index (χ0v) is 34.8. The highest BCUT2D eigenvalue weighted by molar-refractivity contribution is 7.89. The van der Waals surface area contributed by atoms with E-state index in [1.54, 1.807) is 24.3 Å². The average Bonchev–Trinajstić information content (AvgIpc) is 3.23. The number of nitrogens with one attached hydrogen (secondary N) is 1. The predicted octanol–water partition coefficient (Wildman–Crippen LogP) is 7.36. The Hall–Kier alpha value is -4.79. The molecule has 1 aliphatic heterocycles. The molecule has 1 fully saturated rings. The highest BCUT2D eigenvalue weighted by atomic mass is 32.2. The number of fused-ring (bicyclic) bond motifs is 2. The number of hydrogen-bond acceptors (Lipinski definition) is 10. The summed E-state index contributed by atoms with van der Waals surface area (Å²) in [7, 11) is -2.68.